The van der Waals surface area contributed by atoms with Crippen molar-refractivity contribution in [3.8, 4) is 11.5 Å². The number of esters is 4. The van der Waals surface area contributed by atoms with E-state index in [0.29, 0.717) is 12.0 Å². The second kappa shape index (κ2) is 14.0. The summed E-state index contributed by atoms with van der Waals surface area (Å²) in [5.74, 6) is -2.97. The van der Waals surface area contributed by atoms with Crippen molar-refractivity contribution >= 4 is 23.9 Å². The molecule has 0 heterocycles. The first kappa shape index (κ1) is 31.1. The highest BCUT2D eigenvalue weighted by atomic mass is 16.6. The van der Waals surface area contributed by atoms with E-state index in [4.69, 9.17) is 24.7 Å². The zero-order valence-corrected chi connectivity index (χ0v) is 22.7. The molecule has 202 valence electrons. The van der Waals surface area contributed by atoms with Crippen molar-refractivity contribution in [1.29, 1.82) is 0 Å². The third-order valence-electron chi connectivity index (χ3n) is 5.58. The lowest BCUT2D eigenvalue weighted by Gasteiger charge is -2.30. The Kier molecular flexibility index (Phi) is 12.1. The third kappa shape index (κ3) is 9.26. The van der Waals surface area contributed by atoms with E-state index in [9.17, 15) is 19.2 Å². The lowest BCUT2D eigenvalue weighted by molar-refractivity contribution is -0.157. The maximum absolute atomic E-state index is 12.7. The average molecular weight is 508 g/mol. The van der Waals surface area contributed by atoms with Gasteiger partial charge in [0.25, 0.3) is 0 Å². The zero-order chi connectivity index (χ0) is 27.6. The van der Waals surface area contributed by atoms with Crippen LogP contribution in [0.5, 0.6) is 11.5 Å². The van der Waals surface area contributed by atoms with Crippen LogP contribution in [0.3, 0.4) is 0 Å². The highest BCUT2D eigenvalue weighted by molar-refractivity contribution is 5.81. The second-order valence-electron chi connectivity index (χ2n) is 9.90. The van der Waals surface area contributed by atoms with E-state index in [0.717, 1.165) is 6.42 Å². The lowest BCUT2D eigenvalue weighted by Crippen LogP contribution is -2.53. The van der Waals surface area contributed by atoms with Gasteiger partial charge in [-0.05, 0) is 31.0 Å². The Morgan fingerprint density at radius 2 is 1.44 bits per heavy atom. The van der Waals surface area contributed by atoms with Gasteiger partial charge in [0.15, 0.2) is 11.5 Å². The molecule has 0 saturated carbocycles. The molecular formula is C27H41NO8. The van der Waals surface area contributed by atoms with E-state index in [1.54, 1.807) is 47.6 Å². The van der Waals surface area contributed by atoms with Gasteiger partial charge in [0.1, 0.15) is 11.6 Å². The van der Waals surface area contributed by atoms with Crippen LogP contribution in [-0.2, 0) is 35.1 Å². The minimum atomic E-state index is -1.53. The van der Waals surface area contributed by atoms with Crippen molar-refractivity contribution in [2.45, 2.75) is 85.8 Å². The summed E-state index contributed by atoms with van der Waals surface area (Å²) in [7, 11) is 1.23. The van der Waals surface area contributed by atoms with Gasteiger partial charge in [-0.2, -0.15) is 0 Å². The van der Waals surface area contributed by atoms with Crippen molar-refractivity contribution in [3.05, 3.63) is 23.8 Å². The largest absolute Gasteiger partial charge is 0.468 e. The summed E-state index contributed by atoms with van der Waals surface area (Å²) in [6, 6.07) is 4.63. The Morgan fingerprint density at radius 1 is 0.889 bits per heavy atom. The van der Waals surface area contributed by atoms with Gasteiger partial charge in [-0.25, -0.2) is 0 Å². The molecule has 0 aliphatic rings. The number of hydrogen-bond donors (Lipinski definition) is 1. The van der Waals surface area contributed by atoms with E-state index in [-0.39, 0.29) is 36.2 Å². The van der Waals surface area contributed by atoms with Gasteiger partial charge in [-0.1, -0.05) is 54.0 Å². The molecule has 1 aromatic rings. The molecule has 1 aromatic carbocycles. The average Bonchev–Trinajstić information content (AvgIpc) is 2.79. The fraction of sp³-hybridized carbons (Fsp3) is 0.630. The van der Waals surface area contributed by atoms with Gasteiger partial charge in [-0.3, -0.25) is 19.2 Å². The minimum absolute atomic E-state index is 0.00326. The molecule has 0 bridgehead atoms. The summed E-state index contributed by atoms with van der Waals surface area (Å²) in [5.41, 5.74) is 5.50. The molecule has 0 radical (unpaired) electrons. The maximum atomic E-state index is 12.7. The summed E-state index contributed by atoms with van der Waals surface area (Å²) >= 11 is 0. The van der Waals surface area contributed by atoms with Crippen LogP contribution in [0.15, 0.2) is 18.2 Å². The topological polar surface area (TPSA) is 131 Å². The third-order valence-corrected chi connectivity index (χ3v) is 5.58. The molecule has 0 spiro atoms. The van der Waals surface area contributed by atoms with Gasteiger partial charge < -0.3 is 24.7 Å². The molecule has 9 heteroatoms. The van der Waals surface area contributed by atoms with Crippen LogP contribution in [0.25, 0.3) is 0 Å². The molecule has 0 aliphatic heterocycles. The van der Waals surface area contributed by atoms with Crippen molar-refractivity contribution in [2.24, 2.45) is 23.5 Å². The normalized spacial score (nSPS) is 14.5. The number of carbonyl (C=O) groups is 4. The van der Waals surface area contributed by atoms with E-state index >= 15 is 0 Å². The van der Waals surface area contributed by atoms with Crippen molar-refractivity contribution in [3.63, 3.8) is 0 Å². The molecule has 0 aliphatic carbocycles. The number of ether oxygens (including phenoxy) is 4. The summed E-state index contributed by atoms with van der Waals surface area (Å²) in [6.07, 6.45) is 0.902. The molecular weight excluding hydrogens is 466 g/mol. The van der Waals surface area contributed by atoms with Crippen LogP contribution in [0.1, 0.15) is 73.3 Å². The first-order valence-electron chi connectivity index (χ1n) is 12.4. The van der Waals surface area contributed by atoms with Gasteiger partial charge in [0.05, 0.1) is 24.9 Å². The SMILES string of the molecule is CCCC(C)C(=O)OC(C)C[C@@](N)(Cc1ccc(OC(=O)C(C)C)c(OC(=O)C(C)C)c1)C(=O)OC. The molecule has 0 aromatic heterocycles. The lowest BCUT2D eigenvalue weighted by atomic mass is 9.86. The van der Waals surface area contributed by atoms with Crippen molar-refractivity contribution in [1.82, 2.24) is 0 Å². The molecule has 36 heavy (non-hydrogen) atoms. The zero-order valence-electron chi connectivity index (χ0n) is 22.7. The molecule has 3 atom stereocenters. The summed E-state index contributed by atoms with van der Waals surface area (Å²) < 4.78 is 21.3. The van der Waals surface area contributed by atoms with Crippen molar-refractivity contribution < 1.29 is 38.1 Å². The first-order chi connectivity index (χ1) is 16.7. The van der Waals surface area contributed by atoms with E-state index < -0.39 is 41.4 Å². The fourth-order valence-electron chi connectivity index (χ4n) is 3.49. The first-order valence-corrected chi connectivity index (χ1v) is 12.4. The van der Waals surface area contributed by atoms with Crippen LogP contribution < -0.4 is 15.2 Å². The molecule has 1 rings (SSSR count). The molecule has 2 N–H and O–H groups in total. The number of benzene rings is 1. The number of rotatable bonds is 13. The smallest absolute Gasteiger partial charge is 0.326 e. The Labute approximate surface area is 214 Å². The number of methoxy groups -OCH3 is 1. The Hall–Kier alpha value is -2.94. The standard InChI is InChI=1S/C27H41NO8/c1-9-10-18(6)25(31)34-19(7)14-27(28,26(32)33-8)15-20-11-12-21(35-23(29)16(2)3)22(13-20)36-24(30)17(4)5/h11-13,16-19H,9-10,14-15,28H2,1-8H3/t18?,19?,27-/m1/s1. The quantitative estimate of drug-likeness (QED) is 0.311. The highest BCUT2D eigenvalue weighted by Crippen LogP contribution is 2.32. The minimum Gasteiger partial charge on any atom is -0.468 e. The monoisotopic (exact) mass is 507 g/mol. The van der Waals surface area contributed by atoms with Crippen LogP contribution in [-0.4, -0.2) is 42.6 Å². The molecule has 2 unspecified atom stereocenters. The van der Waals surface area contributed by atoms with Gasteiger partial charge >= 0.3 is 23.9 Å². The van der Waals surface area contributed by atoms with Gasteiger partial charge in [0, 0.05) is 12.8 Å². The van der Waals surface area contributed by atoms with E-state index in [2.05, 4.69) is 0 Å². The van der Waals surface area contributed by atoms with Crippen molar-refractivity contribution in [2.75, 3.05) is 7.11 Å². The van der Waals surface area contributed by atoms with E-state index in [1.807, 2.05) is 6.92 Å². The predicted molar refractivity (Wildman–Crippen MR) is 134 cm³/mol. The molecule has 0 amide bonds. The molecule has 0 fully saturated rings. The molecule has 0 saturated heterocycles. The highest BCUT2D eigenvalue weighted by Gasteiger charge is 2.38. The van der Waals surface area contributed by atoms with Crippen LogP contribution in [0.4, 0.5) is 0 Å². The predicted octanol–water partition coefficient (Wildman–Crippen LogP) is 3.98. The van der Waals surface area contributed by atoms with Crippen LogP contribution in [0, 0.1) is 17.8 Å². The van der Waals surface area contributed by atoms with Gasteiger partial charge in [-0.15, -0.1) is 0 Å². The molecule has 9 nitrogen and oxygen atoms in total. The number of hydrogen-bond acceptors (Lipinski definition) is 9. The second-order valence-corrected chi connectivity index (χ2v) is 9.90. The summed E-state index contributed by atoms with van der Waals surface area (Å²) in [5, 5.41) is 0. The summed E-state index contributed by atoms with van der Waals surface area (Å²) in [4.78, 5) is 49.4. The summed E-state index contributed by atoms with van der Waals surface area (Å²) in [6.45, 7) is 12.2. The number of carbonyl (C=O) groups excluding carboxylic acids is 4. The Morgan fingerprint density at radius 3 is 1.94 bits per heavy atom. The number of nitrogens with two attached hydrogens (primary N) is 1. The Balaban J connectivity index is 3.24. The fourth-order valence-corrected chi connectivity index (χ4v) is 3.49. The van der Waals surface area contributed by atoms with E-state index in [1.165, 1.54) is 19.2 Å². The van der Waals surface area contributed by atoms with Crippen LogP contribution >= 0.6 is 0 Å². The van der Waals surface area contributed by atoms with Crippen LogP contribution in [0.2, 0.25) is 0 Å². The Bertz CT molecular complexity index is 926. The van der Waals surface area contributed by atoms with Gasteiger partial charge in [0.2, 0.25) is 0 Å². The maximum Gasteiger partial charge on any atom is 0.326 e.